The highest BCUT2D eigenvalue weighted by atomic mass is 127. The maximum absolute atomic E-state index is 5.26. The molecule has 1 rings (SSSR count). The van der Waals surface area contributed by atoms with Crippen LogP contribution in [0, 0.1) is 0 Å². The van der Waals surface area contributed by atoms with E-state index in [0.29, 0.717) is 0 Å². The zero-order chi connectivity index (χ0) is 5.98. The summed E-state index contributed by atoms with van der Waals surface area (Å²) in [4.78, 5) is 0. The Bertz CT molecular complexity index is 110. The molecule has 0 radical (unpaired) electrons. The van der Waals surface area contributed by atoms with Gasteiger partial charge in [0, 0.05) is 0 Å². The molecular weight excluding hydrogens is 229 g/mol. The van der Waals surface area contributed by atoms with Gasteiger partial charge in [-0.3, -0.25) is 0 Å². The van der Waals surface area contributed by atoms with E-state index in [1.165, 1.54) is 6.42 Å². The van der Waals surface area contributed by atoms with Crippen molar-refractivity contribution in [2.75, 3.05) is 20.7 Å². The molecule has 9 heavy (non-hydrogen) atoms. The maximum atomic E-state index is 5.26. The largest absolute Gasteiger partial charge is 1.00 e. The molecule has 0 N–H and O–H groups in total. The Morgan fingerprint density at radius 3 is 2.33 bits per heavy atom. The molecule has 1 fully saturated rings. The first-order valence-electron chi connectivity index (χ1n) is 2.96. The van der Waals surface area contributed by atoms with E-state index in [1.54, 1.807) is 0 Å². The molecule has 1 heterocycles. The number of rotatable bonds is 0. The fraction of sp³-hybridized carbons (Fsp3) is 0.833. The van der Waals surface area contributed by atoms with E-state index in [2.05, 4.69) is 0 Å². The van der Waals surface area contributed by atoms with E-state index in [9.17, 15) is 0 Å². The molecule has 0 unspecified atom stereocenters. The lowest BCUT2D eigenvalue weighted by atomic mass is 10.4. The van der Waals surface area contributed by atoms with Gasteiger partial charge in [0.15, 0.2) is 0 Å². The minimum absolute atomic E-state index is 0. The molecule has 0 aromatic heterocycles. The molecule has 2 nitrogen and oxygen atoms in total. The van der Waals surface area contributed by atoms with Crippen LogP contribution < -0.4 is 24.0 Å². The van der Waals surface area contributed by atoms with Crippen LogP contribution in [0.4, 0.5) is 0 Å². The highest BCUT2D eigenvalue weighted by Crippen LogP contribution is 2.03. The fourth-order valence-corrected chi connectivity index (χ4v) is 0.838. The van der Waals surface area contributed by atoms with Crippen LogP contribution in [0.1, 0.15) is 12.8 Å². The summed E-state index contributed by atoms with van der Waals surface area (Å²) in [5.41, 5.74) is 0. The molecule has 1 aliphatic heterocycles. The van der Waals surface area contributed by atoms with Crippen molar-refractivity contribution < 1.29 is 33.3 Å². The van der Waals surface area contributed by atoms with Gasteiger partial charge in [-0.25, -0.2) is 4.58 Å². The molecule has 1 aliphatic rings. The molecule has 0 aromatic rings. The fourth-order valence-electron chi connectivity index (χ4n) is 0.838. The van der Waals surface area contributed by atoms with Crippen molar-refractivity contribution in [2.24, 2.45) is 0 Å². The Morgan fingerprint density at radius 1 is 1.44 bits per heavy atom. The van der Waals surface area contributed by atoms with Crippen LogP contribution in [-0.4, -0.2) is 31.2 Å². The van der Waals surface area contributed by atoms with Crippen molar-refractivity contribution in [3.63, 3.8) is 0 Å². The second kappa shape index (κ2) is 4.09. The van der Waals surface area contributed by atoms with Gasteiger partial charge in [0.2, 0.25) is 0 Å². The molecule has 0 aromatic carbocycles. The van der Waals surface area contributed by atoms with Crippen molar-refractivity contribution in [3.8, 4) is 0 Å². The quantitative estimate of drug-likeness (QED) is 0.336. The Balaban J connectivity index is 0.000000640. The lowest BCUT2D eigenvalue weighted by Crippen LogP contribution is -3.00. The number of hydrogen-bond donors (Lipinski definition) is 0. The van der Waals surface area contributed by atoms with Crippen LogP contribution in [-0.2, 0) is 4.74 Å². The summed E-state index contributed by atoms with van der Waals surface area (Å²) < 4.78 is 7.29. The molecule has 0 amide bonds. The SMILES string of the molecule is C[N+](C)=C1CCCO1.[I-]. The summed E-state index contributed by atoms with van der Waals surface area (Å²) in [6.07, 6.45) is 2.31. The molecule has 0 saturated carbocycles. The van der Waals surface area contributed by atoms with E-state index in [-0.39, 0.29) is 24.0 Å². The van der Waals surface area contributed by atoms with E-state index < -0.39 is 0 Å². The molecule has 3 heteroatoms. The average Bonchev–Trinajstić information content (AvgIpc) is 2.12. The number of ether oxygens (including phenoxy) is 1. The first kappa shape index (κ1) is 9.20. The first-order valence-corrected chi connectivity index (χ1v) is 2.96. The molecular formula is C6H12INO. The third kappa shape index (κ3) is 2.51. The van der Waals surface area contributed by atoms with Gasteiger partial charge < -0.3 is 28.7 Å². The Kier molecular flexibility index (Phi) is 4.18. The standard InChI is InChI=1S/C6H12NO.HI/c1-7(2)6-4-3-5-8-6;/h3-5H2,1-2H3;1H/q+1;/p-1. The van der Waals surface area contributed by atoms with Gasteiger partial charge in [0.1, 0.15) is 14.1 Å². The van der Waals surface area contributed by atoms with E-state index in [1.807, 2.05) is 18.7 Å². The molecule has 0 bridgehead atoms. The van der Waals surface area contributed by atoms with Crippen LogP contribution in [0.3, 0.4) is 0 Å². The second-order valence-electron chi connectivity index (χ2n) is 2.24. The summed E-state index contributed by atoms with van der Waals surface area (Å²) in [7, 11) is 4.03. The van der Waals surface area contributed by atoms with Crippen LogP contribution in [0.25, 0.3) is 0 Å². The summed E-state index contributed by atoms with van der Waals surface area (Å²) >= 11 is 0. The molecule has 54 valence electrons. The van der Waals surface area contributed by atoms with Gasteiger partial charge in [0.05, 0.1) is 13.0 Å². The summed E-state index contributed by atoms with van der Waals surface area (Å²) in [6.45, 7) is 0.910. The van der Waals surface area contributed by atoms with Crippen LogP contribution in [0.5, 0.6) is 0 Å². The maximum Gasteiger partial charge on any atom is 0.335 e. The summed E-state index contributed by atoms with van der Waals surface area (Å²) in [5.74, 6) is 1.13. The normalized spacial score (nSPS) is 16.4. The van der Waals surface area contributed by atoms with E-state index in [0.717, 1.165) is 18.9 Å². The van der Waals surface area contributed by atoms with Crippen molar-refractivity contribution in [3.05, 3.63) is 0 Å². The summed E-state index contributed by atoms with van der Waals surface area (Å²) in [5, 5.41) is 0. The molecule has 0 aliphatic carbocycles. The van der Waals surface area contributed by atoms with Gasteiger partial charge in [-0.15, -0.1) is 0 Å². The lowest BCUT2D eigenvalue weighted by Gasteiger charge is -1.91. The number of nitrogens with zero attached hydrogens (tertiary/aromatic N) is 1. The van der Waals surface area contributed by atoms with Crippen molar-refractivity contribution >= 4 is 5.90 Å². The van der Waals surface area contributed by atoms with E-state index >= 15 is 0 Å². The lowest BCUT2D eigenvalue weighted by molar-refractivity contribution is -0.474. The predicted octanol–water partition coefficient (Wildman–Crippen LogP) is -2.53. The van der Waals surface area contributed by atoms with Gasteiger partial charge in [0.25, 0.3) is 0 Å². The zero-order valence-electron chi connectivity index (χ0n) is 5.85. The Labute approximate surface area is 72.9 Å². The van der Waals surface area contributed by atoms with Crippen molar-refractivity contribution in [2.45, 2.75) is 12.8 Å². The summed E-state index contributed by atoms with van der Waals surface area (Å²) in [6, 6.07) is 0. The van der Waals surface area contributed by atoms with Gasteiger partial charge in [-0.05, 0) is 6.42 Å². The first-order chi connectivity index (χ1) is 3.80. The smallest absolute Gasteiger partial charge is 0.335 e. The van der Waals surface area contributed by atoms with Gasteiger partial charge >= 0.3 is 5.90 Å². The minimum atomic E-state index is 0. The number of hydrogen-bond acceptors (Lipinski definition) is 1. The van der Waals surface area contributed by atoms with Crippen LogP contribution >= 0.6 is 0 Å². The topological polar surface area (TPSA) is 12.2 Å². The molecule has 0 spiro atoms. The average molecular weight is 241 g/mol. The zero-order valence-corrected chi connectivity index (χ0v) is 8.01. The second-order valence-corrected chi connectivity index (χ2v) is 2.24. The van der Waals surface area contributed by atoms with Crippen LogP contribution in [0.15, 0.2) is 0 Å². The van der Waals surface area contributed by atoms with E-state index in [4.69, 9.17) is 4.74 Å². The van der Waals surface area contributed by atoms with Gasteiger partial charge in [-0.2, -0.15) is 0 Å². The Morgan fingerprint density at radius 2 is 2.11 bits per heavy atom. The third-order valence-corrected chi connectivity index (χ3v) is 1.30. The van der Waals surface area contributed by atoms with Crippen molar-refractivity contribution in [1.29, 1.82) is 0 Å². The highest BCUT2D eigenvalue weighted by Gasteiger charge is 2.15. The highest BCUT2D eigenvalue weighted by molar-refractivity contribution is 5.72. The monoisotopic (exact) mass is 241 g/mol. The molecule has 0 atom stereocenters. The number of halogens is 1. The molecule has 1 saturated heterocycles. The Hall–Kier alpha value is 0.200. The van der Waals surface area contributed by atoms with Crippen LogP contribution in [0.2, 0.25) is 0 Å². The van der Waals surface area contributed by atoms with Gasteiger partial charge in [-0.1, -0.05) is 0 Å². The van der Waals surface area contributed by atoms with Crippen molar-refractivity contribution in [1.82, 2.24) is 0 Å². The predicted molar refractivity (Wildman–Crippen MR) is 32.3 cm³/mol. The minimum Gasteiger partial charge on any atom is -1.00 e. The third-order valence-electron chi connectivity index (χ3n) is 1.30.